The standard InChI is InChI=1S/C10H18N2O/c1-2-9-7-12-10(13-9)8-3-5-11-6-4-8/h8-9,11H,2-7H2,1H3. The van der Waals surface area contributed by atoms with Crippen LogP contribution in [0.4, 0.5) is 0 Å². The predicted octanol–water partition coefficient (Wildman–Crippen LogP) is 1.19. The van der Waals surface area contributed by atoms with Crippen LogP contribution in [0.15, 0.2) is 4.99 Å². The fraction of sp³-hybridized carbons (Fsp3) is 0.900. The van der Waals surface area contributed by atoms with Gasteiger partial charge in [-0.25, -0.2) is 0 Å². The molecule has 0 aromatic carbocycles. The number of piperidine rings is 1. The van der Waals surface area contributed by atoms with Crippen LogP contribution in [0.3, 0.4) is 0 Å². The lowest BCUT2D eigenvalue weighted by Crippen LogP contribution is -2.32. The third kappa shape index (κ3) is 2.02. The van der Waals surface area contributed by atoms with Crippen molar-refractivity contribution in [3.63, 3.8) is 0 Å². The molecule has 3 heteroatoms. The maximum atomic E-state index is 5.77. The Morgan fingerprint density at radius 3 is 2.85 bits per heavy atom. The van der Waals surface area contributed by atoms with Crippen LogP contribution in [-0.4, -0.2) is 31.6 Å². The van der Waals surface area contributed by atoms with E-state index in [2.05, 4.69) is 17.2 Å². The van der Waals surface area contributed by atoms with Crippen LogP contribution in [0, 0.1) is 5.92 Å². The van der Waals surface area contributed by atoms with Gasteiger partial charge in [0.1, 0.15) is 6.10 Å². The van der Waals surface area contributed by atoms with E-state index in [9.17, 15) is 0 Å². The van der Waals surface area contributed by atoms with Crippen molar-refractivity contribution >= 4 is 5.90 Å². The van der Waals surface area contributed by atoms with Crippen molar-refractivity contribution in [1.29, 1.82) is 0 Å². The Hall–Kier alpha value is -0.570. The summed E-state index contributed by atoms with van der Waals surface area (Å²) in [5, 5.41) is 3.35. The van der Waals surface area contributed by atoms with Gasteiger partial charge in [-0.3, -0.25) is 4.99 Å². The minimum atomic E-state index is 0.366. The van der Waals surface area contributed by atoms with Crippen LogP contribution in [0.1, 0.15) is 26.2 Å². The van der Waals surface area contributed by atoms with E-state index in [0.29, 0.717) is 12.0 Å². The summed E-state index contributed by atoms with van der Waals surface area (Å²) in [5.41, 5.74) is 0. The molecule has 0 amide bonds. The summed E-state index contributed by atoms with van der Waals surface area (Å²) < 4.78 is 5.77. The number of hydrogen-bond donors (Lipinski definition) is 1. The lowest BCUT2D eigenvalue weighted by molar-refractivity contribution is 0.200. The lowest BCUT2D eigenvalue weighted by Gasteiger charge is -2.22. The molecular formula is C10H18N2O. The molecule has 0 bridgehead atoms. The molecule has 13 heavy (non-hydrogen) atoms. The molecule has 1 fully saturated rings. The summed E-state index contributed by atoms with van der Waals surface area (Å²) in [4.78, 5) is 4.48. The zero-order chi connectivity index (χ0) is 9.10. The van der Waals surface area contributed by atoms with Crippen molar-refractivity contribution in [1.82, 2.24) is 5.32 Å². The minimum Gasteiger partial charge on any atom is -0.476 e. The summed E-state index contributed by atoms with van der Waals surface area (Å²) in [6, 6.07) is 0. The van der Waals surface area contributed by atoms with Crippen molar-refractivity contribution in [2.45, 2.75) is 32.3 Å². The molecule has 0 aromatic rings. The number of nitrogens with one attached hydrogen (secondary N) is 1. The quantitative estimate of drug-likeness (QED) is 0.696. The molecule has 2 rings (SSSR count). The second kappa shape index (κ2) is 4.09. The van der Waals surface area contributed by atoms with Gasteiger partial charge >= 0.3 is 0 Å². The predicted molar refractivity (Wildman–Crippen MR) is 53.1 cm³/mol. The van der Waals surface area contributed by atoms with Gasteiger partial charge in [0.2, 0.25) is 0 Å². The summed E-state index contributed by atoms with van der Waals surface area (Å²) in [6.07, 6.45) is 3.83. The Bertz CT molecular complexity index is 197. The van der Waals surface area contributed by atoms with E-state index in [-0.39, 0.29) is 0 Å². The van der Waals surface area contributed by atoms with Crippen LogP contribution in [0.25, 0.3) is 0 Å². The monoisotopic (exact) mass is 182 g/mol. The van der Waals surface area contributed by atoms with E-state index in [0.717, 1.165) is 32.0 Å². The Balaban J connectivity index is 1.87. The molecular weight excluding hydrogens is 164 g/mol. The Kier molecular flexibility index (Phi) is 2.83. The second-order valence-corrected chi connectivity index (χ2v) is 3.85. The third-order valence-electron chi connectivity index (χ3n) is 2.88. The van der Waals surface area contributed by atoms with Crippen LogP contribution >= 0.6 is 0 Å². The Morgan fingerprint density at radius 2 is 2.23 bits per heavy atom. The van der Waals surface area contributed by atoms with Crippen molar-refractivity contribution in [2.75, 3.05) is 19.6 Å². The molecule has 2 aliphatic heterocycles. The molecule has 74 valence electrons. The highest BCUT2D eigenvalue weighted by molar-refractivity contribution is 5.80. The second-order valence-electron chi connectivity index (χ2n) is 3.85. The van der Waals surface area contributed by atoms with Gasteiger partial charge in [0.05, 0.1) is 6.54 Å². The third-order valence-corrected chi connectivity index (χ3v) is 2.88. The SMILES string of the molecule is CCC1CN=C(C2CCNCC2)O1. The Morgan fingerprint density at radius 1 is 1.46 bits per heavy atom. The number of aliphatic imine (C=N–C) groups is 1. The fourth-order valence-corrected chi connectivity index (χ4v) is 1.94. The molecule has 0 radical (unpaired) electrons. The highest BCUT2D eigenvalue weighted by Crippen LogP contribution is 2.20. The molecule has 0 spiro atoms. The molecule has 0 aromatic heterocycles. The molecule has 1 atom stereocenters. The molecule has 2 aliphatic rings. The van der Waals surface area contributed by atoms with Gasteiger partial charge in [0, 0.05) is 5.92 Å². The number of nitrogens with zero attached hydrogens (tertiary/aromatic N) is 1. The van der Waals surface area contributed by atoms with E-state index in [1.54, 1.807) is 0 Å². The molecule has 1 unspecified atom stereocenters. The van der Waals surface area contributed by atoms with Gasteiger partial charge in [-0.05, 0) is 32.4 Å². The number of rotatable bonds is 2. The molecule has 1 saturated heterocycles. The molecule has 2 heterocycles. The summed E-state index contributed by atoms with van der Waals surface area (Å²) >= 11 is 0. The fourth-order valence-electron chi connectivity index (χ4n) is 1.94. The maximum Gasteiger partial charge on any atom is 0.186 e. The first-order valence-electron chi connectivity index (χ1n) is 5.32. The van der Waals surface area contributed by atoms with Crippen molar-refractivity contribution in [3.05, 3.63) is 0 Å². The lowest BCUT2D eigenvalue weighted by atomic mass is 9.98. The maximum absolute atomic E-state index is 5.77. The van der Waals surface area contributed by atoms with Gasteiger partial charge in [-0.2, -0.15) is 0 Å². The molecule has 0 aliphatic carbocycles. The van der Waals surface area contributed by atoms with Crippen LogP contribution in [-0.2, 0) is 4.74 Å². The number of hydrogen-bond acceptors (Lipinski definition) is 3. The van der Waals surface area contributed by atoms with Gasteiger partial charge in [0.25, 0.3) is 0 Å². The average Bonchev–Trinajstić information content (AvgIpc) is 2.67. The van der Waals surface area contributed by atoms with E-state index in [1.807, 2.05) is 0 Å². The summed E-state index contributed by atoms with van der Waals surface area (Å²) in [6.45, 7) is 5.27. The van der Waals surface area contributed by atoms with Gasteiger partial charge in [-0.15, -0.1) is 0 Å². The van der Waals surface area contributed by atoms with Crippen LogP contribution in [0.5, 0.6) is 0 Å². The number of ether oxygens (including phenoxy) is 1. The van der Waals surface area contributed by atoms with Gasteiger partial charge in [-0.1, -0.05) is 6.92 Å². The largest absolute Gasteiger partial charge is 0.476 e. The van der Waals surface area contributed by atoms with E-state index < -0.39 is 0 Å². The van der Waals surface area contributed by atoms with Crippen LogP contribution in [0.2, 0.25) is 0 Å². The van der Waals surface area contributed by atoms with Crippen LogP contribution < -0.4 is 5.32 Å². The molecule has 3 nitrogen and oxygen atoms in total. The van der Waals surface area contributed by atoms with Crippen molar-refractivity contribution in [3.8, 4) is 0 Å². The topological polar surface area (TPSA) is 33.6 Å². The highest BCUT2D eigenvalue weighted by atomic mass is 16.5. The van der Waals surface area contributed by atoms with Gasteiger partial charge in [0.15, 0.2) is 5.90 Å². The Labute approximate surface area is 79.6 Å². The van der Waals surface area contributed by atoms with E-state index in [4.69, 9.17) is 4.74 Å². The first-order chi connectivity index (χ1) is 6.40. The normalized spacial score (nSPS) is 29.9. The highest BCUT2D eigenvalue weighted by Gasteiger charge is 2.26. The van der Waals surface area contributed by atoms with E-state index >= 15 is 0 Å². The minimum absolute atomic E-state index is 0.366. The first-order valence-corrected chi connectivity index (χ1v) is 5.32. The summed E-state index contributed by atoms with van der Waals surface area (Å²) in [5.74, 6) is 1.63. The van der Waals surface area contributed by atoms with Gasteiger partial charge < -0.3 is 10.1 Å². The molecule has 0 saturated carbocycles. The zero-order valence-corrected chi connectivity index (χ0v) is 8.25. The first kappa shape index (κ1) is 9.00. The van der Waals surface area contributed by atoms with E-state index in [1.165, 1.54) is 12.8 Å². The molecule has 1 N–H and O–H groups in total. The van der Waals surface area contributed by atoms with Crippen molar-refractivity contribution < 1.29 is 4.74 Å². The zero-order valence-electron chi connectivity index (χ0n) is 8.25. The summed E-state index contributed by atoms with van der Waals surface area (Å²) in [7, 11) is 0. The smallest absolute Gasteiger partial charge is 0.186 e. The van der Waals surface area contributed by atoms with Crippen molar-refractivity contribution in [2.24, 2.45) is 10.9 Å². The average molecular weight is 182 g/mol.